The maximum Gasteiger partial charge on any atom is 0.0619 e. The quantitative estimate of drug-likeness (QED) is 0.653. The van der Waals surface area contributed by atoms with E-state index < -0.39 is 0 Å². The van der Waals surface area contributed by atoms with Crippen LogP contribution in [0.2, 0.25) is 0 Å². The molecular formula is C11H23NO3. The van der Waals surface area contributed by atoms with Gasteiger partial charge in [0, 0.05) is 25.9 Å². The van der Waals surface area contributed by atoms with E-state index in [1.807, 2.05) is 6.92 Å². The molecule has 4 heteroatoms. The number of aliphatic hydroxyl groups excluding tert-OH is 1. The first kappa shape index (κ1) is 12.9. The summed E-state index contributed by atoms with van der Waals surface area (Å²) < 4.78 is 11.0. The fraction of sp³-hybridized carbons (Fsp3) is 1.00. The first-order valence-corrected chi connectivity index (χ1v) is 5.90. The molecule has 15 heavy (non-hydrogen) atoms. The lowest BCUT2D eigenvalue weighted by molar-refractivity contribution is -0.0349. The van der Waals surface area contributed by atoms with Crippen molar-refractivity contribution in [2.24, 2.45) is 0 Å². The van der Waals surface area contributed by atoms with Gasteiger partial charge < -0.3 is 19.9 Å². The van der Waals surface area contributed by atoms with Gasteiger partial charge in [-0.05, 0) is 25.8 Å². The van der Waals surface area contributed by atoms with Gasteiger partial charge in [-0.3, -0.25) is 0 Å². The molecule has 0 aromatic carbocycles. The van der Waals surface area contributed by atoms with Gasteiger partial charge in [0.25, 0.3) is 0 Å². The predicted molar refractivity (Wildman–Crippen MR) is 59.0 cm³/mol. The van der Waals surface area contributed by atoms with Gasteiger partial charge in [0.1, 0.15) is 0 Å². The van der Waals surface area contributed by atoms with E-state index >= 15 is 0 Å². The summed E-state index contributed by atoms with van der Waals surface area (Å²) in [6.45, 7) is 5.49. The highest BCUT2D eigenvalue weighted by atomic mass is 16.5. The smallest absolute Gasteiger partial charge is 0.0619 e. The molecule has 1 unspecified atom stereocenters. The van der Waals surface area contributed by atoms with Crippen LogP contribution in [0.4, 0.5) is 0 Å². The Labute approximate surface area is 92.0 Å². The van der Waals surface area contributed by atoms with Crippen LogP contribution in [-0.2, 0) is 9.47 Å². The Morgan fingerprint density at radius 1 is 1.47 bits per heavy atom. The standard InChI is InChI=1S/C11H23NO3/c1-2-12-10(9-13)3-8-15-11-4-6-14-7-5-11/h10-13H,2-9H2,1H3. The molecule has 90 valence electrons. The number of ether oxygens (including phenoxy) is 2. The van der Waals surface area contributed by atoms with Gasteiger partial charge >= 0.3 is 0 Å². The van der Waals surface area contributed by atoms with Crippen molar-refractivity contribution >= 4 is 0 Å². The third-order valence-electron chi connectivity index (χ3n) is 2.70. The van der Waals surface area contributed by atoms with Crippen LogP contribution in [0.3, 0.4) is 0 Å². The molecule has 0 spiro atoms. The van der Waals surface area contributed by atoms with Crippen LogP contribution in [0, 0.1) is 0 Å². The van der Waals surface area contributed by atoms with Crippen LogP contribution in [0.5, 0.6) is 0 Å². The van der Waals surface area contributed by atoms with Crippen LogP contribution in [0.1, 0.15) is 26.2 Å². The van der Waals surface area contributed by atoms with Gasteiger partial charge in [0.05, 0.1) is 12.7 Å². The summed E-state index contributed by atoms with van der Waals surface area (Å²) in [5.74, 6) is 0. The summed E-state index contributed by atoms with van der Waals surface area (Å²) in [6, 6.07) is 0.176. The van der Waals surface area contributed by atoms with Crippen molar-refractivity contribution in [3.05, 3.63) is 0 Å². The highest BCUT2D eigenvalue weighted by Crippen LogP contribution is 2.10. The van der Waals surface area contributed by atoms with Crippen molar-refractivity contribution in [3.8, 4) is 0 Å². The van der Waals surface area contributed by atoms with E-state index in [-0.39, 0.29) is 12.6 Å². The molecule has 1 fully saturated rings. The third kappa shape index (κ3) is 5.47. The van der Waals surface area contributed by atoms with Crippen molar-refractivity contribution in [2.75, 3.05) is 33.0 Å². The molecule has 0 radical (unpaired) electrons. The molecule has 0 bridgehead atoms. The van der Waals surface area contributed by atoms with Crippen LogP contribution < -0.4 is 5.32 Å². The summed E-state index contributed by atoms with van der Waals surface area (Å²) in [4.78, 5) is 0. The van der Waals surface area contributed by atoms with Gasteiger partial charge in [0.2, 0.25) is 0 Å². The molecular weight excluding hydrogens is 194 g/mol. The van der Waals surface area contributed by atoms with Crippen LogP contribution >= 0.6 is 0 Å². The van der Waals surface area contributed by atoms with Gasteiger partial charge in [-0.1, -0.05) is 6.92 Å². The lowest BCUT2D eigenvalue weighted by Crippen LogP contribution is -2.34. The van der Waals surface area contributed by atoms with Crippen molar-refractivity contribution < 1.29 is 14.6 Å². The molecule has 1 aliphatic heterocycles. The van der Waals surface area contributed by atoms with Crippen molar-refractivity contribution in [1.29, 1.82) is 0 Å². The van der Waals surface area contributed by atoms with E-state index in [4.69, 9.17) is 14.6 Å². The first-order chi connectivity index (χ1) is 7.36. The monoisotopic (exact) mass is 217 g/mol. The van der Waals surface area contributed by atoms with Crippen molar-refractivity contribution in [1.82, 2.24) is 5.32 Å². The van der Waals surface area contributed by atoms with Crippen LogP contribution in [-0.4, -0.2) is 50.2 Å². The molecule has 0 aromatic rings. The zero-order valence-electron chi connectivity index (χ0n) is 9.58. The molecule has 4 nitrogen and oxygen atoms in total. The zero-order valence-corrected chi connectivity index (χ0v) is 9.58. The first-order valence-electron chi connectivity index (χ1n) is 5.90. The number of rotatable bonds is 7. The number of hydrogen-bond donors (Lipinski definition) is 2. The molecule has 1 aliphatic rings. The predicted octanol–water partition coefficient (Wildman–Crippen LogP) is 0.542. The Balaban J connectivity index is 2.03. The minimum absolute atomic E-state index is 0.176. The molecule has 0 amide bonds. The topological polar surface area (TPSA) is 50.7 Å². The Bertz CT molecular complexity index is 144. The molecule has 1 saturated heterocycles. The Hall–Kier alpha value is -0.160. The molecule has 0 saturated carbocycles. The molecule has 2 N–H and O–H groups in total. The average Bonchev–Trinajstić information content (AvgIpc) is 2.29. The normalized spacial score (nSPS) is 20.4. The van der Waals surface area contributed by atoms with Gasteiger partial charge in [-0.15, -0.1) is 0 Å². The number of aliphatic hydroxyl groups is 1. The molecule has 1 rings (SSSR count). The van der Waals surface area contributed by atoms with Crippen LogP contribution in [0.15, 0.2) is 0 Å². The number of likely N-dealkylation sites (N-methyl/N-ethyl adjacent to an activating group) is 1. The van der Waals surface area contributed by atoms with Gasteiger partial charge in [-0.25, -0.2) is 0 Å². The Morgan fingerprint density at radius 2 is 2.20 bits per heavy atom. The third-order valence-corrected chi connectivity index (χ3v) is 2.70. The van der Waals surface area contributed by atoms with E-state index in [9.17, 15) is 0 Å². The fourth-order valence-electron chi connectivity index (χ4n) is 1.77. The second-order valence-electron chi connectivity index (χ2n) is 3.91. The van der Waals surface area contributed by atoms with Gasteiger partial charge in [-0.2, -0.15) is 0 Å². The van der Waals surface area contributed by atoms with E-state index in [2.05, 4.69) is 5.32 Å². The largest absolute Gasteiger partial charge is 0.395 e. The summed E-state index contributed by atoms with van der Waals surface area (Å²) >= 11 is 0. The van der Waals surface area contributed by atoms with Gasteiger partial charge in [0.15, 0.2) is 0 Å². The molecule has 0 aliphatic carbocycles. The highest BCUT2D eigenvalue weighted by molar-refractivity contribution is 4.66. The van der Waals surface area contributed by atoms with Crippen molar-refractivity contribution in [3.63, 3.8) is 0 Å². The number of hydrogen-bond acceptors (Lipinski definition) is 4. The fourth-order valence-corrected chi connectivity index (χ4v) is 1.77. The second-order valence-corrected chi connectivity index (χ2v) is 3.91. The molecule has 0 aromatic heterocycles. The average molecular weight is 217 g/mol. The minimum atomic E-state index is 0.176. The van der Waals surface area contributed by atoms with Crippen molar-refractivity contribution in [2.45, 2.75) is 38.3 Å². The summed E-state index contributed by atoms with van der Waals surface area (Å²) in [7, 11) is 0. The minimum Gasteiger partial charge on any atom is -0.395 e. The second kappa shape index (κ2) is 8.05. The maximum atomic E-state index is 9.06. The lowest BCUT2D eigenvalue weighted by atomic mass is 10.1. The summed E-state index contributed by atoms with van der Waals surface area (Å²) in [6.07, 6.45) is 3.25. The van der Waals surface area contributed by atoms with E-state index in [1.165, 1.54) is 0 Å². The van der Waals surface area contributed by atoms with E-state index in [1.54, 1.807) is 0 Å². The van der Waals surface area contributed by atoms with E-state index in [0.29, 0.717) is 6.10 Å². The number of nitrogens with one attached hydrogen (secondary N) is 1. The maximum absolute atomic E-state index is 9.06. The zero-order chi connectivity index (χ0) is 10.9. The molecule has 1 heterocycles. The summed E-state index contributed by atoms with van der Waals surface area (Å²) in [5.41, 5.74) is 0. The van der Waals surface area contributed by atoms with E-state index in [0.717, 1.165) is 45.6 Å². The highest BCUT2D eigenvalue weighted by Gasteiger charge is 2.14. The van der Waals surface area contributed by atoms with Crippen LogP contribution in [0.25, 0.3) is 0 Å². The Morgan fingerprint density at radius 3 is 2.80 bits per heavy atom. The lowest BCUT2D eigenvalue weighted by Gasteiger charge is -2.23. The Kier molecular flexibility index (Phi) is 6.92. The summed E-state index contributed by atoms with van der Waals surface area (Å²) in [5, 5.41) is 12.3. The molecule has 1 atom stereocenters. The SMILES string of the molecule is CCNC(CO)CCOC1CCOCC1.